The average molecular weight is 451 g/mol. The Hall–Kier alpha value is -3.33. The number of hydrogen-bond donors (Lipinski definition) is 0. The summed E-state index contributed by atoms with van der Waals surface area (Å²) in [5, 5.41) is 0. The number of ketones is 1. The van der Waals surface area contributed by atoms with E-state index in [1.165, 1.54) is 33.9 Å². The Morgan fingerprint density at radius 3 is 1.41 bits per heavy atom. The molecule has 2 aromatic rings. The van der Waals surface area contributed by atoms with Crippen molar-refractivity contribution in [3.63, 3.8) is 0 Å². The average Bonchev–Trinajstić information content (AvgIpc) is 3.33. The molecule has 3 nitrogen and oxygen atoms in total. The number of nitrogens with zero attached hydrogens (tertiary/aromatic N) is 2. The smallest absolute Gasteiger partial charge is 0.185 e. The number of Topliss-reactive ketones (excluding diaryl/α,β-unsaturated/α-hetero) is 1. The first kappa shape index (κ1) is 22.5. The van der Waals surface area contributed by atoms with Crippen molar-refractivity contribution in [3.05, 3.63) is 107 Å². The number of fused-ring (bicyclic) bond motifs is 2. The summed E-state index contributed by atoms with van der Waals surface area (Å²) in [5.41, 5.74) is 9.23. The third kappa shape index (κ3) is 3.29. The van der Waals surface area contributed by atoms with Gasteiger partial charge in [0.1, 0.15) is 0 Å². The topological polar surface area (TPSA) is 23.6 Å². The Bertz CT molecular complexity index is 1200. The second kappa shape index (κ2) is 7.87. The van der Waals surface area contributed by atoms with Gasteiger partial charge >= 0.3 is 0 Å². The lowest BCUT2D eigenvalue weighted by atomic mass is 9.83. The van der Waals surface area contributed by atoms with E-state index in [-0.39, 0.29) is 16.6 Å². The maximum absolute atomic E-state index is 13.2. The molecule has 0 spiro atoms. The number of likely N-dealkylation sites (N-methyl/N-ethyl adjacent to an activating group) is 2. The molecule has 34 heavy (non-hydrogen) atoms. The predicted octanol–water partition coefficient (Wildman–Crippen LogP) is 6.83. The third-order valence-electron chi connectivity index (χ3n) is 8.01. The van der Waals surface area contributed by atoms with Crippen LogP contribution >= 0.6 is 0 Å². The van der Waals surface area contributed by atoms with Gasteiger partial charge in [0.15, 0.2) is 5.78 Å². The summed E-state index contributed by atoms with van der Waals surface area (Å²) in [6.07, 6.45) is 10.0. The highest BCUT2D eigenvalue weighted by Gasteiger charge is 2.39. The molecular weight excluding hydrogens is 416 g/mol. The molecule has 2 aromatic carbocycles. The number of rotatable bonds is 2. The Labute approximate surface area is 203 Å². The van der Waals surface area contributed by atoms with Crippen molar-refractivity contribution < 1.29 is 4.79 Å². The zero-order chi connectivity index (χ0) is 24.3. The lowest BCUT2D eigenvalue weighted by Gasteiger charge is -2.23. The molecule has 1 fully saturated rings. The number of anilines is 2. The van der Waals surface area contributed by atoms with Gasteiger partial charge in [-0.1, -0.05) is 76.2 Å². The van der Waals surface area contributed by atoms with Crippen LogP contribution in [0.25, 0.3) is 0 Å². The minimum atomic E-state index is -0.0826. The maximum Gasteiger partial charge on any atom is 0.185 e. The summed E-state index contributed by atoms with van der Waals surface area (Å²) in [6.45, 7) is 9.02. The minimum absolute atomic E-state index is 0.0826. The third-order valence-corrected chi connectivity index (χ3v) is 8.01. The standard InChI is InChI=1S/C31H34N2O/c1-30(2)23-11-7-9-13-25(23)32(5)27(30)19-17-21-15-16-22(29(21)34)18-20-28-31(3,4)24-12-8-10-14-26(24)33(28)6/h7-14,17-20H,15-16H2,1-6H3. The Balaban J connectivity index is 1.41. The molecule has 1 aliphatic carbocycles. The van der Waals surface area contributed by atoms with Crippen LogP contribution < -0.4 is 9.80 Å². The molecule has 2 aliphatic heterocycles. The molecule has 1 saturated carbocycles. The summed E-state index contributed by atoms with van der Waals surface area (Å²) in [7, 11) is 4.23. The van der Waals surface area contributed by atoms with E-state index in [0.29, 0.717) is 0 Å². The fourth-order valence-electron chi connectivity index (χ4n) is 5.98. The Morgan fingerprint density at radius 1 is 0.647 bits per heavy atom. The van der Waals surface area contributed by atoms with Gasteiger partial charge < -0.3 is 9.80 Å². The van der Waals surface area contributed by atoms with Gasteiger partial charge in [0.2, 0.25) is 0 Å². The number of allylic oxidation sites excluding steroid dienone is 8. The van der Waals surface area contributed by atoms with Crippen LogP contribution in [0.3, 0.4) is 0 Å². The molecule has 0 atom stereocenters. The van der Waals surface area contributed by atoms with Crippen molar-refractivity contribution in [2.24, 2.45) is 0 Å². The summed E-state index contributed by atoms with van der Waals surface area (Å²) in [4.78, 5) is 17.7. The van der Waals surface area contributed by atoms with E-state index in [1.807, 2.05) is 0 Å². The summed E-state index contributed by atoms with van der Waals surface area (Å²) in [6, 6.07) is 17.1. The van der Waals surface area contributed by atoms with Crippen LogP contribution in [-0.4, -0.2) is 19.9 Å². The number of benzene rings is 2. The largest absolute Gasteiger partial charge is 0.347 e. The Kier molecular flexibility index (Phi) is 5.20. The van der Waals surface area contributed by atoms with Gasteiger partial charge in [-0.05, 0) is 48.3 Å². The number of carbonyl (C=O) groups is 1. The summed E-state index contributed by atoms with van der Waals surface area (Å²) < 4.78 is 0. The van der Waals surface area contributed by atoms with Crippen molar-refractivity contribution in [1.82, 2.24) is 0 Å². The lowest BCUT2D eigenvalue weighted by Crippen LogP contribution is -2.22. The molecule has 0 unspecified atom stereocenters. The highest BCUT2D eigenvalue weighted by molar-refractivity contribution is 6.11. The highest BCUT2D eigenvalue weighted by atomic mass is 16.1. The van der Waals surface area contributed by atoms with Gasteiger partial charge in [-0.25, -0.2) is 0 Å². The predicted molar refractivity (Wildman–Crippen MR) is 142 cm³/mol. The first-order valence-corrected chi connectivity index (χ1v) is 12.2. The first-order chi connectivity index (χ1) is 16.1. The molecule has 0 radical (unpaired) electrons. The van der Waals surface area contributed by atoms with Crippen molar-refractivity contribution in [1.29, 1.82) is 0 Å². The van der Waals surface area contributed by atoms with Crippen molar-refractivity contribution >= 4 is 17.2 Å². The highest BCUT2D eigenvalue weighted by Crippen LogP contribution is 2.48. The molecule has 0 saturated heterocycles. The van der Waals surface area contributed by atoms with Gasteiger partial charge in [-0.3, -0.25) is 4.79 Å². The van der Waals surface area contributed by atoms with E-state index in [2.05, 4.69) is 124 Å². The SMILES string of the molecule is CN1C(=CC=C2CCC(=CC=C3N(C)c4ccccc4C3(C)C)C2=O)C(C)(C)c2ccccc21. The zero-order valence-corrected chi connectivity index (χ0v) is 21.1. The fourth-order valence-corrected chi connectivity index (χ4v) is 5.98. The van der Waals surface area contributed by atoms with Gasteiger partial charge in [0, 0.05) is 58.8 Å². The van der Waals surface area contributed by atoms with Crippen molar-refractivity contribution in [3.8, 4) is 0 Å². The van der Waals surface area contributed by atoms with Crippen LogP contribution in [0.15, 0.2) is 95.4 Å². The van der Waals surface area contributed by atoms with Crippen LogP contribution in [0, 0.1) is 0 Å². The molecule has 2 heterocycles. The van der Waals surface area contributed by atoms with Gasteiger partial charge in [0.25, 0.3) is 0 Å². The van der Waals surface area contributed by atoms with Crippen molar-refractivity contribution in [2.75, 3.05) is 23.9 Å². The minimum Gasteiger partial charge on any atom is -0.347 e. The van der Waals surface area contributed by atoms with E-state index < -0.39 is 0 Å². The Morgan fingerprint density at radius 2 is 1.03 bits per heavy atom. The van der Waals surface area contributed by atoms with Gasteiger partial charge in [-0.2, -0.15) is 0 Å². The second-order valence-corrected chi connectivity index (χ2v) is 10.7. The lowest BCUT2D eigenvalue weighted by molar-refractivity contribution is -0.111. The van der Waals surface area contributed by atoms with Crippen LogP contribution in [-0.2, 0) is 15.6 Å². The summed E-state index contributed by atoms with van der Waals surface area (Å²) >= 11 is 0. The molecule has 0 bridgehead atoms. The summed E-state index contributed by atoms with van der Waals surface area (Å²) in [5.74, 6) is 0.181. The normalized spacial score (nSPS) is 25.2. The molecule has 0 N–H and O–H groups in total. The molecular formula is C31H34N2O. The molecule has 0 amide bonds. The van der Waals surface area contributed by atoms with E-state index >= 15 is 0 Å². The number of carbonyl (C=O) groups excluding carboxylic acids is 1. The molecule has 174 valence electrons. The molecule has 3 aliphatic rings. The van der Waals surface area contributed by atoms with E-state index in [0.717, 1.165) is 24.0 Å². The number of hydrogen-bond acceptors (Lipinski definition) is 3. The van der Waals surface area contributed by atoms with Crippen molar-refractivity contribution in [2.45, 2.75) is 51.4 Å². The monoisotopic (exact) mass is 450 g/mol. The van der Waals surface area contributed by atoms with E-state index in [9.17, 15) is 4.79 Å². The van der Waals surface area contributed by atoms with Crippen LogP contribution in [0.5, 0.6) is 0 Å². The van der Waals surface area contributed by atoms with E-state index in [4.69, 9.17) is 0 Å². The quantitative estimate of drug-likeness (QED) is 0.469. The van der Waals surface area contributed by atoms with E-state index in [1.54, 1.807) is 0 Å². The zero-order valence-electron chi connectivity index (χ0n) is 21.1. The fraction of sp³-hybridized carbons (Fsp3) is 0.323. The maximum atomic E-state index is 13.2. The first-order valence-electron chi connectivity index (χ1n) is 12.2. The van der Waals surface area contributed by atoms with Crippen LogP contribution in [0.4, 0.5) is 11.4 Å². The van der Waals surface area contributed by atoms with Crippen LogP contribution in [0.2, 0.25) is 0 Å². The van der Waals surface area contributed by atoms with Gasteiger partial charge in [-0.15, -0.1) is 0 Å². The molecule has 5 rings (SSSR count). The number of para-hydroxylation sites is 2. The molecule has 0 aromatic heterocycles. The van der Waals surface area contributed by atoms with Gasteiger partial charge in [0.05, 0.1) is 0 Å². The molecule has 3 heteroatoms. The van der Waals surface area contributed by atoms with Crippen LogP contribution in [0.1, 0.15) is 51.7 Å². The second-order valence-electron chi connectivity index (χ2n) is 10.7.